The van der Waals surface area contributed by atoms with Crippen LogP contribution >= 0.6 is 0 Å². The van der Waals surface area contributed by atoms with Crippen LogP contribution in [-0.4, -0.2) is 36.6 Å². The minimum absolute atomic E-state index is 0.211. The molecule has 0 saturated heterocycles. The third kappa shape index (κ3) is 8.65. The highest BCUT2D eigenvalue weighted by Gasteiger charge is 2.28. The van der Waals surface area contributed by atoms with E-state index in [-0.39, 0.29) is 5.54 Å². The van der Waals surface area contributed by atoms with E-state index in [0.29, 0.717) is 11.5 Å². The molecule has 116 valence electrons. The third-order valence-corrected chi connectivity index (χ3v) is 3.99. The second-order valence-corrected chi connectivity index (χ2v) is 7.72. The molecule has 0 aromatic heterocycles. The van der Waals surface area contributed by atoms with Gasteiger partial charge in [-0.2, -0.15) is 0 Å². The molecular weight excluding hydrogens is 232 g/mol. The van der Waals surface area contributed by atoms with Crippen molar-refractivity contribution in [3.63, 3.8) is 0 Å². The number of nitrogens with zero attached hydrogens (tertiary/aromatic N) is 1. The van der Waals surface area contributed by atoms with Crippen LogP contribution in [-0.2, 0) is 0 Å². The zero-order chi connectivity index (χ0) is 15.1. The van der Waals surface area contributed by atoms with Gasteiger partial charge in [-0.1, -0.05) is 33.6 Å². The predicted molar refractivity (Wildman–Crippen MR) is 87.8 cm³/mol. The van der Waals surface area contributed by atoms with Crippen LogP contribution < -0.4 is 5.32 Å². The summed E-state index contributed by atoms with van der Waals surface area (Å²) in [4.78, 5) is 2.55. The zero-order valence-electron chi connectivity index (χ0n) is 14.8. The fourth-order valence-corrected chi connectivity index (χ4v) is 2.70. The van der Waals surface area contributed by atoms with Crippen molar-refractivity contribution in [3.8, 4) is 0 Å². The molecule has 0 aromatic rings. The Morgan fingerprint density at radius 3 is 2.05 bits per heavy atom. The molecular formula is C17H38N2. The summed E-state index contributed by atoms with van der Waals surface area (Å²) >= 11 is 0. The maximum atomic E-state index is 3.70. The van der Waals surface area contributed by atoms with E-state index >= 15 is 0 Å². The van der Waals surface area contributed by atoms with Crippen LogP contribution in [0.2, 0.25) is 0 Å². The molecule has 19 heavy (non-hydrogen) atoms. The van der Waals surface area contributed by atoms with Gasteiger partial charge in [0.25, 0.3) is 0 Å². The van der Waals surface area contributed by atoms with Gasteiger partial charge in [0.05, 0.1) is 0 Å². The van der Waals surface area contributed by atoms with Crippen LogP contribution in [0.1, 0.15) is 74.1 Å². The Labute approximate surface area is 122 Å². The number of hydrogen-bond acceptors (Lipinski definition) is 2. The van der Waals surface area contributed by atoms with E-state index < -0.39 is 0 Å². The Morgan fingerprint density at radius 2 is 1.63 bits per heavy atom. The van der Waals surface area contributed by atoms with Crippen LogP contribution in [0.4, 0.5) is 0 Å². The molecule has 0 aliphatic carbocycles. The zero-order valence-corrected chi connectivity index (χ0v) is 14.8. The van der Waals surface area contributed by atoms with E-state index in [2.05, 4.69) is 65.7 Å². The lowest BCUT2D eigenvalue weighted by molar-refractivity contribution is 0.130. The van der Waals surface area contributed by atoms with E-state index in [0.717, 1.165) is 6.54 Å². The fraction of sp³-hybridized carbons (Fsp3) is 1.00. The maximum absolute atomic E-state index is 3.70. The molecule has 0 aliphatic heterocycles. The molecule has 1 N–H and O–H groups in total. The van der Waals surface area contributed by atoms with Gasteiger partial charge >= 0.3 is 0 Å². The van der Waals surface area contributed by atoms with Gasteiger partial charge < -0.3 is 10.2 Å². The molecule has 2 heteroatoms. The second-order valence-electron chi connectivity index (χ2n) is 7.72. The SMILES string of the molecule is CCCC(C)N(C)CC(C)(CCC)CNC(C)(C)C. The minimum Gasteiger partial charge on any atom is -0.311 e. The minimum atomic E-state index is 0.211. The van der Waals surface area contributed by atoms with E-state index in [1.807, 2.05) is 0 Å². The summed E-state index contributed by atoms with van der Waals surface area (Å²) in [5.74, 6) is 0. The number of hydrogen-bond donors (Lipinski definition) is 1. The van der Waals surface area contributed by atoms with Gasteiger partial charge in [-0.05, 0) is 53.0 Å². The van der Waals surface area contributed by atoms with Gasteiger partial charge in [-0.25, -0.2) is 0 Å². The smallest absolute Gasteiger partial charge is 0.00967 e. The van der Waals surface area contributed by atoms with E-state index in [1.165, 1.54) is 32.2 Å². The summed E-state index contributed by atoms with van der Waals surface area (Å²) in [7, 11) is 2.28. The molecule has 2 unspecified atom stereocenters. The standard InChI is InChI=1S/C17H38N2/c1-9-11-15(3)19(8)14-17(7,12-10-2)13-18-16(4,5)6/h15,18H,9-14H2,1-8H3. The average Bonchev–Trinajstić information content (AvgIpc) is 2.26. The van der Waals surface area contributed by atoms with E-state index in [9.17, 15) is 0 Å². The van der Waals surface area contributed by atoms with Gasteiger partial charge in [0.2, 0.25) is 0 Å². The van der Waals surface area contributed by atoms with Crippen LogP contribution in [0.3, 0.4) is 0 Å². The molecule has 0 aromatic carbocycles. The highest BCUT2D eigenvalue weighted by Crippen LogP contribution is 2.25. The molecule has 2 nitrogen and oxygen atoms in total. The summed E-state index contributed by atoms with van der Waals surface area (Å²) in [6, 6.07) is 0.691. The van der Waals surface area contributed by atoms with Gasteiger partial charge in [0.1, 0.15) is 0 Å². The first kappa shape index (κ1) is 18.9. The molecule has 0 spiro atoms. The molecule has 0 aliphatic rings. The third-order valence-electron chi connectivity index (χ3n) is 3.99. The summed E-state index contributed by atoms with van der Waals surface area (Å²) in [5, 5.41) is 3.70. The predicted octanol–water partition coefficient (Wildman–Crippen LogP) is 4.30. The van der Waals surface area contributed by atoms with Gasteiger partial charge in [0.15, 0.2) is 0 Å². The summed E-state index contributed by atoms with van der Waals surface area (Å²) in [6.45, 7) is 18.4. The topological polar surface area (TPSA) is 15.3 Å². The van der Waals surface area contributed by atoms with Crippen molar-refractivity contribution in [1.82, 2.24) is 10.2 Å². The van der Waals surface area contributed by atoms with Crippen LogP contribution in [0, 0.1) is 5.41 Å². The Hall–Kier alpha value is -0.0800. The van der Waals surface area contributed by atoms with Gasteiger partial charge in [-0.15, -0.1) is 0 Å². The first-order valence-electron chi connectivity index (χ1n) is 8.09. The summed E-state index contributed by atoms with van der Waals surface area (Å²) in [5.41, 5.74) is 0.585. The maximum Gasteiger partial charge on any atom is 0.00967 e. The molecule has 0 heterocycles. The molecule has 0 fully saturated rings. The largest absolute Gasteiger partial charge is 0.311 e. The van der Waals surface area contributed by atoms with Crippen LogP contribution in [0.15, 0.2) is 0 Å². The van der Waals surface area contributed by atoms with E-state index in [4.69, 9.17) is 0 Å². The lowest BCUT2D eigenvalue weighted by Crippen LogP contribution is -2.48. The second kappa shape index (κ2) is 8.26. The van der Waals surface area contributed by atoms with Gasteiger partial charge in [-0.3, -0.25) is 0 Å². The monoisotopic (exact) mass is 270 g/mol. The lowest BCUT2D eigenvalue weighted by Gasteiger charge is -2.38. The van der Waals surface area contributed by atoms with Gasteiger partial charge in [0, 0.05) is 24.7 Å². The van der Waals surface area contributed by atoms with Crippen LogP contribution in [0.25, 0.3) is 0 Å². The molecule has 0 saturated carbocycles. The first-order valence-corrected chi connectivity index (χ1v) is 8.09. The molecule has 0 radical (unpaired) electrons. The van der Waals surface area contributed by atoms with Crippen molar-refractivity contribution in [3.05, 3.63) is 0 Å². The Kier molecular flexibility index (Phi) is 8.23. The molecule has 2 atom stereocenters. The highest BCUT2D eigenvalue weighted by atomic mass is 15.1. The van der Waals surface area contributed by atoms with Crippen molar-refractivity contribution in [2.75, 3.05) is 20.1 Å². The first-order chi connectivity index (χ1) is 8.63. The summed E-state index contributed by atoms with van der Waals surface area (Å²) in [6.07, 6.45) is 5.12. The van der Waals surface area contributed by atoms with E-state index in [1.54, 1.807) is 0 Å². The Morgan fingerprint density at radius 1 is 1.05 bits per heavy atom. The fourth-order valence-electron chi connectivity index (χ4n) is 2.70. The lowest BCUT2D eigenvalue weighted by atomic mass is 9.83. The van der Waals surface area contributed by atoms with Crippen molar-refractivity contribution in [2.24, 2.45) is 5.41 Å². The van der Waals surface area contributed by atoms with Crippen molar-refractivity contribution in [1.29, 1.82) is 0 Å². The Bertz CT molecular complexity index is 232. The summed E-state index contributed by atoms with van der Waals surface area (Å²) < 4.78 is 0. The average molecular weight is 271 g/mol. The molecule has 0 rings (SSSR count). The van der Waals surface area contributed by atoms with Crippen molar-refractivity contribution >= 4 is 0 Å². The quantitative estimate of drug-likeness (QED) is 0.672. The van der Waals surface area contributed by atoms with Crippen molar-refractivity contribution < 1.29 is 0 Å². The number of rotatable bonds is 9. The van der Waals surface area contributed by atoms with Crippen LogP contribution in [0.5, 0.6) is 0 Å². The normalized spacial score (nSPS) is 17.5. The number of nitrogens with one attached hydrogen (secondary N) is 1. The Balaban J connectivity index is 4.51. The van der Waals surface area contributed by atoms with Crippen molar-refractivity contribution in [2.45, 2.75) is 85.7 Å². The highest BCUT2D eigenvalue weighted by molar-refractivity contribution is 4.84. The molecule has 0 amide bonds. The molecule has 0 bridgehead atoms.